The number of hydrogen-bond donors (Lipinski definition) is 0. The summed E-state index contributed by atoms with van der Waals surface area (Å²) in [5.74, 6) is 1.15. The zero-order chi connectivity index (χ0) is 16.1. The minimum absolute atomic E-state index is 0.184. The fourth-order valence-electron chi connectivity index (χ4n) is 3.36. The summed E-state index contributed by atoms with van der Waals surface area (Å²) in [5.41, 5.74) is 6.70. The summed E-state index contributed by atoms with van der Waals surface area (Å²) in [7, 11) is 3.90. The van der Waals surface area contributed by atoms with Crippen LogP contribution >= 0.6 is 0 Å². The van der Waals surface area contributed by atoms with Crippen LogP contribution in [0.3, 0.4) is 0 Å². The van der Waals surface area contributed by atoms with Crippen molar-refractivity contribution in [2.75, 3.05) is 11.9 Å². The number of fused-ring (bicyclic) bond motifs is 2. The topological polar surface area (TPSA) is 38.1 Å². The van der Waals surface area contributed by atoms with Crippen molar-refractivity contribution in [1.29, 1.82) is 0 Å². The highest BCUT2D eigenvalue weighted by Crippen LogP contribution is 2.32. The van der Waals surface area contributed by atoms with Crippen LogP contribution in [0, 0.1) is 6.92 Å². The van der Waals surface area contributed by atoms with Crippen LogP contribution in [-0.4, -0.2) is 22.5 Å². The zero-order valence-electron chi connectivity index (χ0n) is 13.6. The van der Waals surface area contributed by atoms with E-state index in [1.807, 2.05) is 13.1 Å². The zero-order valence-corrected chi connectivity index (χ0v) is 13.6. The smallest absolute Gasteiger partial charge is 0.227 e. The molecular weight excluding hydrogens is 286 g/mol. The molecule has 116 valence electrons. The number of carbonyl (C=O) groups is 1. The van der Waals surface area contributed by atoms with Crippen molar-refractivity contribution >= 4 is 22.6 Å². The minimum atomic E-state index is 0.184. The van der Waals surface area contributed by atoms with Gasteiger partial charge in [-0.15, -0.1) is 0 Å². The molecule has 3 aromatic rings. The third-order valence-corrected chi connectivity index (χ3v) is 4.72. The maximum atomic E-state index is 11.8. The van der Waals surface area contributed by atoms with Gasteiger partial charge in [-0.05, 0) is 54.8 Å². The van der Waals surface area contributed by atoms with Gasteiger partial charge < -0.3 is 9.47 Å². The van der Waals surface area contributed by atoms with Gasteiger partial charge in [-0.25, -0.2) is 4.98 Å². The highest BCUT2D eigenvalue weighted by atomic mass is 16.2. The predicted octanol–water partition coefficient (Wildman–Crippen LogP) is 3.46. The number of hydrogen-bond acceptors (Lipinski definition) is 2. The summed E-state index contributed by atoms with van der Waals surface area (Å²) >= 11 is 0. The van der Waals surface area contributed by atoms with Gasteiger partial charge in [-0.3, -0.25) is 4.79 Å². The number of nitrogens with zero attached hydrogens (tertiary/aromatic N) is 3. The molecule has 0 saturated heterocycles. The van der Waals surface area contributed by atoms with Crippen molar-refractivity contribution in [3.63, 3.8) is 0 Å². The quantitative estimate of drug-likeness (QED) is 0.690. The number of rotatable bonds is 1. The number of aryl methyl sites for hydroxylation is 3. The van der Waals surface area contributed by atoms with E-state index in [2.05, 4.69) is 48.9 Å². The van der Waals surface area contributed by atoms with Crippen LogP contribution in [0.15, 0.2) is 36.4 Å². The van der Waals surface area contributed by atoms with Crippen LogP contribution in [0.2, 0.25) is 0 Å². The van der Waals surface area contributed by atoms with Crippen molar-refractivity contribution in [3.8, 4) is 11.4 Å². The lowest BCUT2D eigenvalue weighted by molar-refractivity contribution is -0.118. The van der Waals surface area contributed by atoms with Gasteiger partial charge in [0.05, 0.1) is 11.0 Å². The normalized spacial score (nSPS) is 14.4. The standard InChI is InChI=1S/C19H19N3O/c1-12-4-7-17-15(10-12)20-19(22(17)3)14-5-8-16-13(11-14)6-9-18(23)21(16)2/h4-5,7-8,10-11H,6,9H2,1-3H3. The molecule has 0 radical (unpaired) electrons. The Balaban J connectivity index is 1.86. The van der Waals surface area contributed by atoms with Crippen molar-refractivity contribution in [3.05, 3.63) is 47.5 Å². The van der Waals surface area contributed by atoms with Gasteiger partial charge in [0.1, 0.15) is 5.82 Å². The van der Waals surface area contributed by atoms with E-state index in [0.717, 1.165) is 34.5 Å². The van der Waals surface area contributed by atoms with E-state index in [1.165, 1.54) is 11.1 Å². The molecule has 4 nitrogen and oxygen atoms in total. The van der Waals surface area contributed by atoms with Crippen molar-refractivity contribution in [2.24, 2.45) is 7.05 Å². The molecule has 0 N–H and O–H groups in total. The fraction of sp³-hybridized carbons (Fsp3) is 0.263. The maximum absolute atomic E-state index is 11.8. The summed E-state index contributed by atoms with van der Waals surface area (Å²) in [6.45, 7) is 2.08. The van der Waals surface area contributed by atoms with Crippen LogP contribution in [0.5, 0.6) is 0 Å². The van der Waals surface area contributed by atoms with E-state index >= 15 is 0 Å². The van der Waals surface area contributed by atoms with Gasteiger partial charge in [0.25, 0.3) is 0 Å². The molecule has 0 saturated carbocycles. The molecule has 1 aliphatic rings. The van der Waals surface area contributed by atoms with E-state index in [-0.39, 0.29) is 5.91 Å². The summed E-state index contributed by atoms with van der Waals surface area (Å²) < 4.78 is 2.13. The maximum Gasteiger partial charge on any atom is 0.227 e. The third-order valence-electron chi connectivity index (χ3n) is 4.72. The van der Waals surface area contributed by atoms with E-state index in [0.29, 0.717) is 6.42 Å². The average Bonchev–Trinajstić information content (AvgIpc) is 2.87. The first-order valence-corrected chi connectivity index (χ1v) is 7.87. The molecule has 4 rings (SSSR count). The summed E-state index contributed by atoms with van der Waals surface area (Å²) in [6, 6.07) is 12.6. The average molecular weight is 305 g/mol. The molecule has 1 amide bonds. The Hall–Kier alpha value is -2.62. The molecule has 0 spiro atoms. The van der Waals surface area contributed by atoms with Crippen LogP contribution in [0.25, 0.3) is 22.4 Å². The second kappa shape index (κ2) is 4.95. The number of amides is 1. The largest absolute Gasteiger partial charge is 0.327 e. The van der Waals surface area contributed by atoms with Crippen molar-refractivity contribution in [2.45, 2.75) is 19.8 Å². The molecule has 1 aromatic heterocycles. The SMILES string of the molecule is Cc1ccc2c(c1)nc(-c1ccc3c(c1)CCC(=O)N3C)n2C. The monoisotopic (exact) mass is 305 g/mol. The van der Waals surface area contributed by atoms with Crippen LogP contribution in [-0.2, 0) is 18.3 Å². The Morgan fingerprint density at radius 1 is 1.04 bits per heavy atom. The summed E-state index contributed by atoms with van der Waals surface area (Å²) in [6.07, 6.45) is 1.38. The molecule has 1 aliphatic heterocycles. The van der Waals surface area contributed by atoms with Crippen LogP contribution < -0.4 is 4.90 Å². The summed E-state index contributed by atoms with van der Waals surface area (Å²) in [5, 5.41) is 0. The molecule has 2 heterocycles. The molecule has 4 heteroatoms. The molecule has 23 heavy (non-hydrogen) atoms. The lowest BCUT2D eigenvalue weighted by atomic mass is 9.99. The Labute approximate surface area is 135 Å². The predicted molar refractivity (Wildman–Crippen MR) is 92.6 cm³/mol. The molecular formula is C19H19N3O. The fourth-order valence-corrected chi connectivity index (χ4v) is 3.36. The molecule has 2 aromatic carbocycles. The lowest BCUT2D eigenvalue weighted by Gasteiger charge is -2.26. The summed E-state index contributed by atoms with van der Waals surface area (Å²) in [4.78, 5) is 18.4. The van der Waals surface area contributed by atoms with Crippen LogP contribution in [0.4, 0.5) is 5.69 Å². The van der Waals surface area contributed by atoms with Gasteiger partial charge in [0, 0.05) is 31.8 Å². The number of benzene rings is 2. The number of carbonyl (C=O) groups excluding carboxylic acids is 1. The van der Waals surface area contributed by atoms with Gasteiger partial charge in [0.15, 0.2) is 0 Å². The van der Waals surface area contributed by atoms with Gasteiger partial charge in [-0.2, -0.15) is 0 Å². The molecule has 0 atom stereocenters. The number of imidazole rings is 1. The Kier molecular flexibility index (Phi) is 3.01. The third kappa shape index (κ3) is 2.13. The van der Waals surface area contributed by atoms with Gasteiger partial charge in [0.2, 0.25) is 5.91 Å². The number of aromatic nitrogens is 2. The highest BCUT2D eigenvalue weighted by Gasteiger charge is 2.21. The van der Waals surface area contributed by atoms with Crippen LogP contribution in [0.1, 0.15) is 17.5 Å². The second-order valence-electron chi connectivity index (χ2n) is 6.28. The van der Waals surface area contributed by atoms with Crippen molar-refractivity contribution < 1.29 is 4.79 Å². The first kappa shape index (κ1) is 14.0. The highest BCUT2D eigenvalue weighted by molar-refractivity contribution is 5.96. The van der Waals surface area contributed by atoms with E-state index in [4.69, 9.17) is 4.98 Å². The Morgan fingerprint density at radius 3 is 2.70 bits per heavy atom. The Bertz CT molecular complexity index is 939. The van der Waals surface area contributed by atoms with Crippen molar-refractivity contribution in [1.82, 2.24) is 9.55 Å². The molecule has 0 unspecified atom stereocenters. The number of anilines is 1. The van der Waals surface area contributed by atoms with E-state index in [9.17, 15) is 4.79 Å². The van der Waals surface area contributed by atoms with E-state index in [1.54, 1.807) is 4.90 Å². The molecule has 0 aliphatic carbocycles. The Morgan fingerprint density at radius 2 is 1.87 bits per heavy atom. The van der Waals surface area contributed by atoms with E-state index < -0.39 is 0 Å². The van der Waals surface area contributed by atoms with Gasteiger partial charge in [-0.1, -0.05) is 6.07 Å². The first-order valence-electron chi connectivity index (χ1n) is 7.87. The lowest BCUT2D eigenvalue weighted by Crippen LogP contribution is -2.31. The molecule has 0 bridgehead atoms. The van der Waals surface area contributed by atoms with Gasteiger partial charge >= 0.3 is 0 Å². The second-order valence-corrected chi connectivity index (χ2v) is 6.28. The molecule has 0 fully saturated rings. The minimum Gasteiger partial charge on any atom is -0.327 e. The first-order chi connectivity index (χ1) is 11.0.